The van der Waals surface area contributed by atoms with Gasteiger partial charge in [0.1, 0.15) is 0 Å². The Morgan fingerprint density at radius 1 is 1.25 bits per heavy atom. The van der Waals surface area contributed by atoms with Gasteiger partial charge >= 0.3 is 0 Å². The van der Waals surface area contributed by atoms with Crippen LogP contribution < -0.4 is 0 Å². The van der Waals surface area contributed by atoms with Crippen molar-refractivity contribution in [3.63, 3.8) is 0 Å². The van der Waals surface area contributed by atoms with Gasteiger partial charge in [-0.05, 0) is 24.7 Å². The molecule has 96 valence electrons. The van der Waals surface area contributed by atoms with Gasteiger partial charge in [-0.1, -0.05) is 34.1 Å². The molecule has 0 radical (unpaired) electrons. The van der Waals surface area contributed by atoms with E-state index in [9.17, 15) is 5.11 Å². The van der Waals surface area contributed by atoms with Gasteiger partial charge in [-0.25, -0.2) is 0 Å². The monoisotopic (exact) mass is 227 g/mol. The highest BCUT2D eigenvalue weighted by Gasteiger charge is 2.29. The number of nitrogens with zero attached hydrogens (tertiary/aromatic N) is 1. The lowest BCUT2D eigenvalue weighted by Gasteiger charge is -2.40. The van der Waals surface area contributed by atoms with E-state index in [0.717, 1.165) is 31.2 Å². The van der Waals surface area contributed by atoms with Gasteiger partial charge in [0.2, 0.25) is 0 Å². The minimum atomic E-state index is 0.103. The molecule has 0 aromatic carbocycles. The van der Waals surface area contributed by atoms with Crippen LogP contribution in [0.4, 0.5) is 0 Å². The third-order valence-electron chi connectivity index (χ3n) is 3.79. The van der Waals surface area contributed by atoms with Crippen LogP contribution in [0.15, 0.2) is 0 Å². The summed E-state index contributed by atoms with van der Waals surface area (Å²) in [6.07, 6.45) is 3.65. The molecular weight excluding hydrogens is 198 g/mol. The molecule has 0 saturated carbocycles. The summed E-state index contributed by atoms with van der Waals surface area (Å²) >= 11 is 0. The van der Waals surface area contributed by atoms with E-state index in [2.05, 4.69) is 32.6 Å². The van der Waals surface area contributed by atoms with E-state index in [0.29, 0.717) is 6.61 Å². The molecule has 1 aliphatic heterocycles. The normalized spacial score (nSPS) is 31.3. The lowest BCUT2D eigenvalue weighted by atomic mass is 9.84. The molecule has 1 rings (SSSR count). The Morgan fingerprint density at radius 3 is 2.25 bits per heavy atom. The lowest BCUT2D eigenvalue weighted by Crippen LogP contribution is -2.45. The van der Waals surface area contributed by atoms with Crippen LogP contribution in [0.25, 0.3) is 0 Å². The van der Waals surface area contributed by atoms with E-state index in [-0.39, 0.29) is 5.41 Å². The van der Waals surface area contributed by atoms with Gasteiger partial charge in [-0.3, -0.25) is 0 Å². The maximum atomic E-state index is 9.55. The highest BCUT2D eigenvalue weighted by Crippen LogP contribution is 2.28. The summed E-state index contributed by atoms with van der Waals surface area (Å²) in [5, 5.41) is 9.55. The van der Waals surface area contributed by atoms with E-state index in [4.69, 9.17) is 0 Å². The molecule has 1 heterocycles. The van der Waals surface area contributed by atoms with Crippen LogP contribution in [0, 0.1) is 17.3 Å². The first-order chi connectivity index (χ1) is 7.49. The zero-order chi connectivity index (χ0) is 12.2. The van der Waals surface area contributed by atoms with Crippen molar-refractivity contribution >= 4 is 0 Å². The predicted octanol–water partition coefficient (Wildman–Crippen LogP) is 2.76. The summed E-state index contributed by atoms with van der Waals surface area (Å²) in [6.45, 7) is 12.9. The molecule has 2 heteroatoms. The summed E-state index contributed by atoms with van der Waals surface area (Å²) in [6, 6.07) is 0. The van der Waals surface area contributed by atoms with Crippen LogP contribution in [0.5, 0.6) is 0 Å². The standard InChI is InChI=1S/C14H29NO/c1-5-6-14(4,11-16)10-15-8-12(2)7-13(3)9-15/h12-13,16H,5-11H2,1-4H3. The molecule has 1 fully saturated rings. The Hall–Kier alpha value is -0.0800. The largest absolute Gasteiger partial charge is 0.396 e. The predicted molar refractivity (Wildman–Crippen MR) is 69.5 cm³/mol. The topological polar surface area (TPSA) is 23.5 Å². The maximum Gasteiger partial charge on any atom is 0.0497 e. The third-order valence-corrected chi connectivity index (χ3v) is 3.79. The van der Waals surface area contributed by atoms with Gasteiger partial charge in [-0.15, -0.1) is 0 Å². The third kappa shape index (κ3) is 4.06. The fraction of sp³-hybridized carbons (Fsp3) is 1.00. The highest BCUT2D eigenvalue weighted by atomic mass is 16.3. The number of aliphatic hydroxyl groups is 1. The maximum absolute atomic E-state index is 9.55. The molecule has 3 atom stereocenters. The van der Waals surface area contributed by atoms with Crippen molar-refractivity contribution in [2.24, 2.45) is 17.3 Å². The summed E-state index contributed by atoms with van der Waals surface area (Å²) in [7, 11) is 0. The molecule has 3 unspecified atom stereocenters. The van der Waals surface area contributed by atoms with Gasteiger partial charge in [0.05, 0.1) is 0 Å². The van der Waals surface area contributed by atoms with Crippen LogP contribution in [0.2, 0.25) is 0 Å². The van der Waals surface area contributed by atoms with Crippen molar-refractivity contribution in [1.29, 1.82) is 0 Å². The summed E-state index contributed by atoms with van der Waals surface area (Å²) in [4.78, 5) is 2.56. The second-order valence-corrected chi connectivity index (χ2v) is 6.36. The molecule has 2 nitrogen and oxygen atoms in total. The van der Waals surface area contributed by atoms with Crippen molar-refractivity contribution in [3.05, 3.63) is 0 Å². The van der Waals surface area contributed by atoms with Crippen molar-refractivity contribution in [2.75, 3.05) is 26.2 Å². The van der Waals surface area contributed by atoms with Crippen molar-refractivity contribution in [2.45, 2.75) is 47.0 Å². The summed E-state index contributed by atoms with van der Waals surface area (Å²) in [5.41, 5.74) is 0.103. The van der Waals surface area contributed by atoms with Gasteiger partial charge in [-0.2, -0.15) is 0 Å². The van der Waals surface area contributed by atoms with Gasteiger partial charge in [0.25, 0.3) is 0 Å². The summed E-state index contributed by atoms with van der Waals surface area (Å²) in [5.74, 6) is 1.63. The Morgan fingerprint density at radius 2 is 1.81 bits per heavy atom. The second kappa shape index (κ2) is 6.02. The molecule has 0 aromatic heterocycles. The summed E-state index contributed by atoms with van der Waals surface area (Å²) < 4.78 is 0. The first kappa shape index (κ1) is 14.0. The Balaban J connectivity index is 2.50. The highest BCUT2D eigenvalue weighted by molar-refractivity contribution is 4.82. The number of hydrogen-bond acceptors (Lipinski definition) is 2. The van der Waals surface area contributed by atoms with Crippen molar-refractivity contribution in [1.82, 2.24) is 4.90 Å². The van der Waals surface area contributed by atoms with Crippen LogP contribution in [0.1, 0.15) is 47.0 Å². The molecule has 0 aromatic rings. The minimum Gasteiger partial charge on any atom is -0.396 e. The Bertz CT molecular complexity index is 197. The number of hydrogen-bond donors (Lipinski definition) is 1. The van der Waals surface area contributed by atoms with E-state index < -0.39 is 0 Å². The zero-order valence-electron chi connectivity index (χ0n) is 11.5. The molecule has 0 spiro atoms. The average molecular weight is 227 g/mol. The first-order valence-corrected chi connectivity index (χ1v) is 6.82. The van der Waals surface area contributed by atoms with E-state index in [1.807, 2.05) is 0 Å². The molecule has 1 aliphatic rings. The SMILES string of the molecule is CCCC(C)(CO)CN1CC(C)CC(C)C1. The molecular formula is C14H29NO. The van der Waals surface area contributed by atoms with Crippen LogP contribution in [-0.4, -0.2) is 36.2 Å². The fourth-order valence-electron chi connectivity index (χ4n) is 3.27. The molecule has 1 saturated heterocycles. The van der Waals surface area contributed by atoms with E-state index >= 15 is 0 Å². The molecule has 0 aliphatic carbocycles. The Kier molecular flexibility index (Phi) is 5.26. The molecule has 16 heavy (non-hydrogen) atoms. The second-order valence-electron chi connectivity index (χ2n) is 6.36. The minimum absolute atomic E-state index is 0.103. The number of likely N-dealkylation sites (tertiary alicyclic amines) is 1. The van der Waals surface area contributed by atoms with Crippen LogP contribution in [-0.2, 0) is 0 Å². The number of rotatable bonds is 5. The van der Waals surface area contributed by atoms with Crippen molar-refractivity contribution in [3.8, 4) is 0 Å². The Labute approximate surface area is 101 Å². The lowest BCUT2D eigenvalue weighted by molar-refractivity contribution is 0.0472. The molecule has 0 amide bonds. The van der Waals surface area contributed by atoms with Gasteiger partial charge in [0, 0.05) is 31.7 Å². The average Bonchev–Trinajstić information content (AvgIpc) is 2.16. The number of aliphatic hydroxyl groups excluding tert-OH is 1. The van der Waals surface area contributed by atoms with Crippen LogP contribution >= 0.6 is 0 Å². The molecule has 0 bridgehead atoms. The van der Waals surface area contributed by atoms with Crippen molar-refractivity contribution < 1.29 is 5.11 Å². The number of piperidine rings is 1. The van der Waals surface area contributed by atoms with E-state index in [1.165, 1.54) is 19.5 Å². The first-order valence-electron chi connectivity index (χ1n) is 6.82. The van der Waals surface area contributed by atoms with Crippen LogP contribution in [0.3, 0.4) is 0 Å². The quantitative estimate of drug-likeness (QED) is 0.780. The van der Waals surface area contributed by atoms with Gasteiger partial charge in [0.15, 0.2) is 0 Å². The molecule has 1 N–H and O–H groups in total. The zero-order valence-corrected chi connectivity index (χ0v) is 11.5. The van der Waals surface area contributed by atoms with E-state index in [1.54, 1.807) is 0 Å². The smallest absolute Gasteiger partial charge is 0.0497 e. The fourth-order valence-corrected chi connectivity index (χ4v) is 3.27. The van der Waals surface area contributed by atoms with Gasteiger partial charge < -0.3 is 10.0 Å².